The van der Waals surface area contributed by atoms with E-state index in [2.05, 4.69) is 32.9 Å². The van der Waals surface area contributed by atoms with Gasteiger partial charge >= 0.3 is 0 Å². The summed E-state index contributed by atoms with van der Waals surface area (Å²) >= 11 is 0. The summed E-state index contributed by atoms with van der Waals surface area (Å²) in [6, 6.07) is 0. The second-order valence-corrected chi connectivity index (χ2v) is 8.38. The second kappa shape index (κ2) is 6.49. The largest absolute Gasteiger partial charge is 0.390 e. The summed E-state index contributed by atoms with van der Waals surface area (Å²) in [7, 11) is 0. The van der Waals surface area contributed by atoms with Crippen LogP contribution in [0.1, 0.15) is 73.1 Å². The van der Waals surface area contributed by atoms with Gasteiger partial charge in [-0.25, -0.2) is 0 Å². The molecule has 0 aliphatic heterocycles. The van der Waals surface area contributed by atoms with Crippen LogP contribution >= 0.6 is 0 Å². The van der Waals surface area contributed by atoms with E-state index in [1.807, 2.05) is 13.8 Å². The maximum atomic E-state index is 11.1. The zero-order chi connectivity index (χ0) is 16.5. The molecule has 0 bridgehead atoms. The first-order valence-corrected chi connectivity index (χ1v) is 8.94. The van der Waals surface area contributed by atoms with Gasteiger partial charge in [-0.2, -0.15) is 0 Å². The van der Waals surface area contributed by atoms with E-state index in [9.17, 15) is 10.2 Å². The topological polar surface area (TPSA) is 40.5 Å². The summed E-state index contributed by atoms with van der Waals surface area (Å²) in [5.41, 5.74) is 1.41. The molecule has 0 aromatic rings. The number of rotatable bonds is 1. The summed E-state index contributed by atoms with van der Waals surface area (Å²) in [6.07, 6.45) is 10.1. The standard InChI is InChI=1S/C20H34O2/c1-14(2)16-9-7-15(3)8-10-17-18(13-16)20(5,22)12-6-11-19(17,4)21/h8,13-14,17-18,21-22H,6-7,9-12H2,1-5H3/t17-,18-,19+,20-/m1/s1. The van der Waals surface area contributed by atoms with Crippen LogP contribution in [0.4, 0.5) is 0 Å². The van der Waals surface area contributed by atoms with Crippen LogP contribution in [0.5, 0.6) is 0 Å². The highest BCUT2D eigenvalue weighted by Crippen LogP contribution is 2.46. The minimum atomic E-state index is -0.725. The van der Waals surface area contributed by atoms with Gasteiger partial charge in [0.15, 0.2) is 0 Å². The molecule has 0 spiro atoms. The van der Waals surface area contributed by atoms with E-state index in [0.717, 1.165) is 38.5 Å². The average Bonchev–Trinajstić information content (AvgIpc) is 2.45. The molecule has 2 rings (SSSR count). The Morgan fingerprint density at radius 3 is 2.36 bits per heavy atom. The van der Waals surface area contributed by atoms with Crippen LogP contribution in [0, 0.1) is 17.8 Å². The predicted molar refractivity (Wildman–Crippen MR) is 92.6 cm³/mol. The molecule has 0 amide bonds. The SMILES string of the molecule is CC1=CC[C@@H]2[C@@H](C=C(C(C)C)CC1)[C@](C)(O)CCC[C@]2(C)O. The monoisotopic (exact) mass is 306 g/mol. The molecule has 2 heteroatoms. The van der Waals surface area contributed by atoms with Gasteiger partial charge in [0.1, 0.15) is 0 Å². The molecule has 2 aliphatic rings. The molecule has 2 nitrogen and oxygen atoms in total. The first-order valence-electron chi connectivity index (χ1n) is 8.94. The Hall–Kier alpha value is -0.600. The summed E-state index contributed by atoms with van der Waals surface area (Å²) < 4.78 is 0. The summed E-state index contributed by atoms with van der Waals surface area (Å²) in [6.45, 7) is 10.6. The minimum Gasteiger partial charge on any atom is -0.390 e. The Morgan fingerprint density at radius 1 is 1.09 bits per heavy atom. The van der Waals surface area contributed by atoms with E-state index >= 15 is 0 Å². The van der Waals surface area contributed by atoms with Crippen molar-refractivity contribution in [1.29, 1.82) is 0 Å². The lowest BCUT2D eigenvalue weighted by Crippen LogP contribution is -2.44. The van der Waals surface area contributed by atoms with Crippen LogP contribution in [0.2, 0.25) is 0 Å². The Labute approximate surface area is 136 Å². The van der Waals surface area contributed by atoms with Crippen molar-refractivity contribution in [1.82, 2.24) is 0 Å². The third kappa shape index (κ3) is 3.83. The number of hydrogen-bond donors (Lipinski definition) is 2. The number of allylic oxidation sites excluding steroid dienone is 3. The van der Waals surface area contributed by atoms with Gasteiger partial charge in [-0.05, 0) is 71.1 Å². The van der Waals surface area contributed by atoms with Crippen molar-refractivity contribution >= 4 is 0 Å². The lowest BCUT2D eigenvalue weighted by molar-refractivity contribution is -0.0625. The summed E-state index contributed by atoms with van der Waals surface area (Å²) in [4.78, 5) is 0. The van der Waals surface area contributed by atoms with Crippen LogP contribution in [0.15, 0.2) is 23.3 Å². The molecule has 2 aliphatic carbocycles. The van der Waals surface area contributed by atoms with Gasteiger partial charge in [0.2, 0.25) is 0 Å². The van der Waals surface area contributed by atoms with Crippen molar-refractivity contribution in [2.75, 3.05) is 0 Å². The van der Waals surface area contributed by atoms with Crippen LogP contribution in [-0.2, 0) is 0 Å². The number of hydrogen-bond acceptors (Lipinski definition) is 2. The number of fused-ring (bicyclic) bond motifs is 1. The molecule has 4 atom stereocenters. The summed E-state index contributed by atoms with van der Waals surface area (Å²) in [5.74, 6) is 0.618. The molecule has 1 fully saturated rings. The van der Waals surface area contributed by atoms with Crippen molar-refractivity contribution in [3.8, 4) is 0 Å². The molecular formula is C20H34O2. The van der Waals surface area contributed by atoms with Gasteiger partial charge in [-0.3, -0.25) is 0 Å². The predicted octanol–water partition coefficient (Wildman–Crippen LogP) is 4.62. The van der Waals surface area contributed by atoms with Crippen molar-refractivity contribution in [3.05, 3.63) is 23.3 Å². The van der Waals surface area contributed by atoms with Crippen molar-refractivity contribution in [3.63, 3.8) is 0 Å². The van der Waals surface area contributed by atoms with Gasteiger partial charge in [-0.15, -0.1) is 0 Å². The van der Waals surface area contributed by atoms with E-state index in [4.69, 9.17) is 0 Å². The molecule has 0 radical (unpaired) electrons. The second-order valence-electron chi connectivity index (χ2n) is 8.38. The molecule has 0 aromatic carbocycles. The van der Waals surface area contributed by atoms with E-state index in [1.165, 1.54) is 11.1 Å². The molecule has 2 N–H and O–H groups in total. The quantitative estimate of drug-likeness (QED) is 0.694. The molecule has 1 saturated carbocycles. The lowest BCUT2D eigenvalue weighted by atomic mass is 9.70. The third-order valence-corrected chi connectivity index (χ3v) is 5.98. The Balaban J connectivity index is 2.52. The van der Waals surface area contributed by atoms with E-state index < -0.39 is 11.2 Å². The van der Waals surface area contributed by atoms with Crippen molar-refractivity contribution in [2.24, 2.45) is 17.8 Å². The highest BCUT2D eigenvalue weighted by Gasteiger charge is 2.46. The highest BCUT2D eigenvalue weighted by atomic mass is 16.3. The van der Waals surface area contributed by atoms with Gasteiger partial charge in [0, 0.05) is 5.92 Å². The summed E-state index contributed by atoms with van der Waals surface area (Å²) in [5, 5.41) is 22.1. The van der Waals surface area contributed by atoms with Gasteiger partial charge in [0.25, 0.3) is 0 Å². The van der Waals surface area contributed by atoms with E-state index in [0.29, 0.717) is 5.92 Å². The highest BCUT2D eigenvalue weighted by molar-refractivity contribution is 5.18. The Morgan fingerprint density at radius 2 is 1.73 bits per heavy atom. The fourth-order valence-electron chi connectivity index (χ4n) is 4.24. The average molecular weight is 306 g/mol. The number of aliphatic hydroxyl groups is 2. The van der Waals surface area contributed by atoms with Crippen molar-refractivity contribution in [2.45, 2.75) is 84.3 Å². The maximum Gasteiger partial charge on any atom is 0.0686 e. The maximum absolute atomic E-state index is 11.1. The van der Waals surface area contributed by atoms with Gasteiger partial charge in [0.05, 0.1) is 11.2 Å². The zero-order valence-electron chi connectivity index (χ0n) is 15.0. The normalized spacial score (nSPS) is 40.7. The van der Waals surface area contributed by atoms with Gasteiger partial charge in [-0.1, -0.05) is 37.1 Å². The molecule has 22 heavy (non-hydrogen) atoms. The lowest BCUT2D eigenvalue weighted by Gasteiger charge is -2.40. The first-order chi connectivity index (χ1) is 10.1. The molecule has 126 valence electrons. The fraction of sp³-hybridized carbons (Fsp3) is 0.800. The fourth-order valence-corrected chi connectivity index (χ4v) is 4.24. The molecule has 0 heterocycles. The molecular weight excluding hydrogens is 272 g/mol. The smallest absolute Gasteiger partial charge is 0.0686 e. The minimum absolute atomic E-state index is 0.0320. The molecule has 0 aromatic heterocycles. The van der Waals surface area contributed by atoms with Gasteiger partial charge < -0.3 is 10.2 Å². The third-order valence-electron chi connectivity index (χ3n) is 5.98. The van der Waals surface area contributed by atoms with Crippen LogP contribution in [-0.4, -0.2) is 21.4 Å². The zero-order valence-corrected chi connectivity index (χ0v) is 15.0. The van der Waals surface area contributed by atoms with E-state index in [-0.39, 0.29) is 11.8 Å². The first kappa shape index (κ1) is 17.7. The van der Waals surface area contributed by atoms with Crippen LogP contribution < -0.4 is 0 Å². The van der Waals surface area contributed by atoms with Crippen LogP contribution in [0.3, 0.4) is 0 Å². The van der Waals surface area contributed by atoms with Crippen LogP contribution in [0.25, 0.3) is 0 Å². The Bertz CT molecular complexity index is 454. The van der Waals surface area contributed by atoms with Crippen molar-refractivity contribution < 1.29 is 10.2 Å². The molecule has 0 saturated heterocycles. The van der Waals surface area contributed by atoms with E-state index in [1.54, 1.807) is 0 Å². The molecule has 0 unspecified atom stereocenters. The Kier molecular flexibility index (Phi) is 5.23.